The van der Waals surface area contributed by atoms with Crippen molar-refractivity contribution in [1.29, 1.82) is 0 Å². The van der Waals surface area contributed by atoms with Crippen LogP contribution in [0.5, 0.6) is 5.75 Å². The lowest BCUT2D eigenvalue weighted by molar-refractivity contribution is -0.114. The van der Waals surface area contributed by atoms with Crippen LogP contribution in [0, 0.1) is 0 Å². The zero-order valence-corrected chi connectivity index (χ0v) is 21.6. The van der Waals surface area contributed by atoms with Crippen LogP contribution in [-0.2, 0) is 24.8 Å². The summed E-state index contributed by atoms with van der Waals surface area (Å²) < 4.78 is 57.7. The summed E-state index contributed by atoms with van der Waals surface area (Å²) in [7, 11) is -4.80. The van der Waals surface area contributed by atoms with Crippen LogP contribution in [0.15, 0.2) is 77.7 Å². The molecular formula is C23H24ClN3O6S2. The molecule has 0 spiro atoms. The third-order valence-electron chi connectivity index (χ3n) is 5.02. The van der Waals surface area contributed by atoms with Gasteiger partial charge in [0.2, 0.25) is 15.9 Å². The predicted octanol–water partition coefficient (Wildman–Crippen LogP) is 3.58. The molecule has 35 heavy (non-hydrogen) atoms. The number of methoxy groups -OCH3 is 1. The van der Waals surface area contributed by atoms with Gasteiger partial charge in [-0.3, -0.25) is 13.4 Å². The highest BCUT2D eigenvalue weighted by Crippen LogP contribution is 2.27. The summed E-state index contributed by atoms with van der Waals surface area (Å²) in [6, 6.07) is 18.1. The fraction of sp³-hybridized carbons (Fsp3) is 0.174. The Morgan fingerprint density at radius 1 is 0.943 bits per heavy atom. The summed E-state index contributed by atoms with van der Waals surface area (Å²) in [5.74, 6) is -0.156. The number of halogens is 1. The number of hydrogen-bond acceptors (Lipinski definition) is 6. The number of ether oxygens (including phenoxy) is 1. The van der Waals surface area contributed by atoms with Gasteiger partial charge >= 0.3 is 0 Å². The van der Waals surface area contributed by atoms with Crippen LogP contribution < -0.4 is 18.7 Å². The summed E-state index contributed by atoms with van der Waals surface area (Å²) in [5, 5.41) is 2.93. The topological polar surface area (TPSA) is 113 Å². The van der Waals surface area contributed by atoms with E-state index in [1.165, 1.54) is 56.6 Å². The average molecular weight is 538 g/mol. The van der Waals surface area contributed by atoms with Gasteiger partial charge in [-0.2, -0.15) is 0 Å². The predicted molar refractivity (Wildman–Crippen MR) is 137 cm³/mol. The molecule has 0 aliphatic carbocycles. The summed E-state index contributed by atoms with van der Waals surface area (Å²) in [5.41, 5.74) is 0.841. The molecule has 0 atom stereocenters. The van der Waals surface area contributed by atoms with E-state index in [1.54, 1.807) is 30.3 Å². The summed E-state index contributed by atoms with van der Waals surface area (Å²) >= 11 is 6.08. The molecule has 9 nitrogen and oxygen atoms in total. The highest BCUT2D eigenvalue weighted by molar-refractivity contribution is 7.93. The Hall–Kier alpha value is -3.28. The molecule has 0 saturated carbocycles. The Bertz CT molecular complexity index is 1430. The van der Waals surface area contributed by atoms with Crippen molar-refractivity contribution >= 4 is 54.6 Å². The van der Waals surface area contributed by atoms with Crippen LogP contribution in [0.4, 0.5) is 17.1 Å². The second kappa shape index (κ2) is 10.5. The van der Waals surface area contributed by atoms with Gasteiger partial charge in [-0.15, -0.1) is 0 Å². The van der Waals surface area contributed by atoms with Crippen LogP contribution in [0.3, 0.4) is 0 Å². The molecule has 1 amide bonds. The number of anilines is 3. The first-order valence-corrected chi connectivity index (χ1v) is 13.8. The van der Waals surface area contributed by atoms with Crippen LogP contribution in [-0.4, -0.2) is 49.7 Å². The van der Waals surface area contributed by atoms with E-state index in [9.17, 15) is 21.6 Å². The number of amides is 1. The minimum absolute atomic E-state index is 0.0390. The van der Waals surface area contributed by atoms with Crippen molar-refractivity contribution in [2.45, 2.75) is 4.90 Å². The van der Waals surface area contributed by atoms with Gasteiger partial charge in [-0.05, 0) is 60.7 Å². The number of rotatable bonds is 9. The van der Waals surface area contributed by atoms with Crippen LogP contribution >= 0.6 is 11.6 Å². The Labute approximate surface area is 210 Å². The maximum Gasteiger partial charge on any atom is 0.264 e. The number of nitrogens with one attached hydrogen (secondary N) is 1. The van der Waals surface area contributed by atoms with Crippen molar-refractivity contribution in [3.8, 4) is 5.75 Å². The van der Waals surface area contributed by atoms with Crippen molar-refractivity contribution in [3.63, 3.8) is 0 Å². The zero-order valence-electron chi connectivity index (χ0n) is 19.2. The smallest absolute Gasteiger partial charge is 0.264 e. The molecule has 12 heteroatoms. The fourth-order valence-electron chi connectivity index (χ4n) is 3.12. The van der Waals surface area contributed by atoms with Gasteiger partial charge in [0, 0.05) is 17.8 Å². The summed E-state index contributed by atoms with van der Waals surface area (Å²) in [6.07, 6.45) is 1.06. The number of sulfonamides is 2. The molecule has 3 rings (SSSR count). The van der Waals surface area contributed by atoms with Crippen molar-refractivity contribution in [2.75, 3.05) is 40.9 Å². The summed E-state index contributed by atoms with van der Waals surface area (Å²) in [4.78, 5) is 12.9. The summed E-state index contributed by atoms with van der Waals surface area (Å²) in [6.45, 7) is -0.555. The number of carbonyl (C=O) groups is 1. The highest BCUT2D eigenvalue weighted by Gasteiger charge is 2.27. The second-order valence-corrected chi connectivity index (χ2v) is 11.8. The Kier molecular flexibility index (Phi) is 7.93. The van der Waals surface area contributed by atoms with Crippen molar-refractivity contribution in [1.82, 2.24) is 0 Å². The van der Waals surface area contributed by atoms with Gasteiger partial charge in [0.15, 0.2) is 0 Å². The zero-order chi connectivity index (χ0) is 25.8. The molecule has 0 bridgehead atoms. The van der Waals surface area contributed by atoms with E-state index < -0.39 is 32.5 Å². The highest BCUT2D eigenvalue weighted by atomic mass is 35.5. The number of carbonyl (C=O) groups excluding carboxylic acids is 1. The first-order chi connectivity index (χ1) is 16.4. The average Bonchev–Trinajstić information content (AvgIpc) is 2.81. The molecule has 0 unspecified atom stereocenters. The van der Waals surface area contributed by atoms with E-state index >= 15 is 0 Å². The normalized spacial score (nSPS) is 11.5. The molecular weight excluding hydrogens is 514 g/mol. The number of nitrogens with zero attached hydrogens (tertiary/aromatic N) is 2. The van der Waals surface area contributed by atoms with Gasteiger partial charge in [0.25, 0.3) is 10.0 Å². The third-order valence-corrected chi connectivity index (χ3v) is 8.25. The van der Waals surface area contributed by atoms with Crippen molar-refractivity contribution in [3.05, 3.63) is 77.8 Å². The largest absolute Gasteiger partial charge is 0.497 e. The minimum atomic E-state index is -4.15. The second-order valence-electron chi connectivity index (χ2n) is 7.50. The quantitative estimate of drug-likeness (QED) is 0.446. The van der Waals surface area contributed by atoms with Gasteiger partial charge in [0.05, 0.1) is 29.6 Å². The van der Waals surface area contributed by atoms with Crippen molar-refractivity contribution in [2.24, 2.45) is 0 Å². The first-order valence-electron chi connectivity index (χ1n) is 10.2. The molecule has 0 saturated heterocycles. The molecule has 0 aliphatic rings. The van der Waals surface area contributed by atoms with E-state index in [0.29, 0.717) is 22.1 Å². The first kappa shape index (κ1) is 26.3. The third kappa shape index (κ3) is 6.44. The molecule has 0 aliphatic heterocycles. The van der Waals surface area contributed by atoms with Gasteiger partial charge in [-0.1, -0.05) is 23.7 Å². The minimum Gasteiger partial charge on any atom is -0.497 e. The lowest BCUT2D eigenvalue weighted by Gasteiger charge is -2.24. The molecule has 1 N–H and O–H groups in total. The van der Waals surface area contributed by atoms with Gasteiger partial charge in [-0.25, -0.2) is 16.8 Å². The van der Waals surface area contributed by atoms with Crippen LogP contribution in [0.25, 0.3) is 0 Å². The lowest BCUT2D eigenvalue weighted by atomic mass is 10.2. The Balaban J connectivity index is 1.92. The molecule has 186 valence electrons. The van der Waals surface area contributed by atoms with Crippen LogP contribution in [0.2, 0.25) is 5.02 Å². The molecule has 0 aromatic heterocycles. The van der Waals surface area contributed by atoms with E-state index in [1.807, 2.05) is 0 Å². The SMILES string of the molecule is COc1ccc(S(=O)(=O)N(CC(=O)Nc2cccc(N(C)S(C)(=O)=O)c2)c2cccc(Cl)c2)cc1. The van der Waals surface area contributed by atoms with E-state index in [-0.39, 0.29) is 10.6 Å². The lowest BCUT2D eigenvalue weighted by Crippen LogP contribution is -2.38. The maximum absolute atomic E-state index is 13.5. The van der Waals surface area contributed by atoms with Crippen molar-refractivity contribution < 1.29 is 26.4 Å². The molecule has 0 heterocycles. The monoisotopic (exact) mass is 537 g/mol. The molecule has 0 fully saturated rings. The maximum atomic E-state index is 13.5. The van der Waals surface area contributed by atoms with E-state index in [4.69, 9.17) is 16.3 Å². The van der Waals surface area contributed by atoms with Crippen LogP contribution in [0.1, 0.15) is 0 Å². The van der Waals surface area contributed by atoms with Gasteiger partial charge in [0.1, 0.15) is 12.3 Å². The van der Waals surface area contributed by atoms with Gasteiger partial charge < -0.3 is 10.1 Å². The standard InChI is InChI=1S/C23H24ClN3O6S2/c1-26(34(3,29)30)19-8-5-7-18(15-19)25-23(28)16-27(20-9-4-6-17(24)14-20)35(31,32)22-12-10-21(33-2)11-13-22/h4-15H,16H2,1-3H3,(H,25,28). The Morgan fingerprint density at radius 3 is 2.17 bits per heavy atom. The van der Waals surface area contributed by atoms with E-state index in [2.05, 4.69) is 5.32 Å². The molecule has 0 radical (unpaired) electrons. The Morgan fingerprint density at radius 2 is 1.57 bits per heavy atom. The number of benzene rings is 3. The number of hydrogen-bond donors (Lipinski definition) is 1. The van der Waals surface area contributed by atoms with E-state index in [0.717, 1.165) is 14.9 Å². The molecule has 3 aromatic carbocycles. The molecule has 3 aromatic rings. The fourth-order valence-corrected chi connectivity index (χ4v) is 5.22.